The molecule has 160 valence electrons. The molecule has 0 bridgehead atoms. The normalized spacial score (nSPS) is 18.2. The molecule has 3 aromatic rings. The lowest BCUT2D eigenvalue weighted by Crippen LogP contribution is -2.32. The molecule has 0 saturated heterocycles. The fraction of sp³-hybridized carbons (Fsp3) is 0.240. The lowest BCUT2D eigenvalue weighted by Gasteiger charge is -2.28. The first-order chi connectivity index (χ1) is 15.2. The van der Waals surface area contributed by atoms with Crippen molar-refractivity contribution in [3.63, 3.8) is 0 Å². The maximum Gasteiger partial charge on any atom is 0.286 e. The van der Waals surface area contributed by atoms with E-state index in [9.17, 15) is 9.90 Å². The van der Waals surface area contributed by atoms with Crippen LogP contribution in [0, 0.1) is 0 Å². The molecular weight excluding hydrogens is 410 g/mol. The van der Waals surface area contributed by atoms with Gasteiger partial charge in [-0.2, -0.15) is 0 Å². The highest BCUT2D eigenvalue weighted by atomic mass is 32.1. The zero-order valence-electron chi connectivity index (χ0n) is 17.1. The van der Waals surface area contributed by atoms with Gasteiger partial charge >= 0.3 is 0 Å². The van der Waals surface area contributed by atoms with Crippen LogP contribution in [0.5, 0.6) is 0 Å². The minimum Gasteiger partial charge on any atom is -0.459 e. The minimum absolute atomic E-state index is 0.0155. The van der Waals surface area contributed by atoms with Gasteiger partial charge in [0.05, 0.1) is 13.2 Å². The summed E-state index contributed by atoms with van der Waals surface area (Å²) in [7, 11) is 0. The van der Waals surface area contributed by atoms with Crippen LogP contribution in [0.15, 0.2) is 83.9 Å². The van der Waals surface area contributed by atoms with Crippen molar-refractivity contribution in [1.82, 2.24) is 5.32 Å². The van der Waals surface area contributed by atoms with Gasteiger partial charge in [-0.3, -0.25) is 4.79 Å². The second-order valence-corrected chi connectivity index (χ2v) is 8.37. The summed E-state index contributed by atoms with van der Waals surface area (Å²) in [6.07, 6.45) is 2.01. The number of rotatable bonds is 8. The van der Waals surface area contributed by atoms with Crippen LogP contribution >= 0.6 is 11.3 Å². The molecule has 0 spiro atoms. The minimum atomic E-state index is -0.521. The highest BCUT2D eigenvalue weighted by Crippen LogP contribution is 2.34. The van der Waals surface area contributed by atoms with Gasteiger partial charge in [-0.1, -0.05) is 60.7 Å². The summed E-state index contributed by atoms with van der Waals surface area (Å²) in [5.74, 6) is 0.111. The zero-order chi connectivity index (χ0) is 21.5. The lowest BCUT2D eigenvalue weighted by atomic mass is 9.99. The maximum atomic E-state index is 12.8. The molecule has 1 aromatic heterocycles. The number of carbonyl (C=O) groups is 1. The van der Waals surface area contributed by atoms with E-state index in [1.807, 2.05) is 72.1 Å². The zero-order valence-corrected chi connectivity index (χ0v) is 17.9. The Kier molecular flexibility index (Phi) is 7.14. The number of thiophene rings is 1. The quantitative estimate of drug-likeness (QED) is 0.547. The first kappa shape index (κ1) is 21.3. The Morgan fingerprint density at radius 2 is 1.81 bits per heavy atom. The van der Waals surface area contributed by atoms with E-state index in [4.69, 9.17) is 9.47 Å². The Labute approximate surface area is 186 Å². The third-order valence-electron chi connectivity index (χ3n) is 5.13. The van der Waals surface area contributed by atoms with Gasteiger partial charge in [0.25, 0.3) is 5.91 Å². The fourth-order valence-corrected chi connectivity index (χ4v) is 4.22. The number of allylic oxidation sites excluding steroid dienone is 1. The Balaban J connectivity index is 1.42. The number of aliphatic hydroxyl groups excluding tert-OH is 1. The number of aliphatic hydroxyl groups is 1. The third-order valence-corrected chi connectivity index (χ3v) is 6.13. The molecule has 1 aliphatic rings. The second-order valence-electron chi connectivity index (χ2n) is 7.39. The van der Waals surface area contributed by atoms with E-state index in [1.165, 1.54) is 4.88 Å². The van der Waals surface area contributed by atoms with E-state index in [0.29, 0.717) is 25.3 Å². The van der Waals surface area contributed by atoms with Crippen LogP contribution in [0.1, 0.15) is 33.9 Å². The smallest absolute Gasteiger partial charge is 0.286 e. The van der Waals surface area contributed by atoms with Crippen molar-refractivity contribution in [2.45, 2.75) is 38.4 Å². The standard InChI is InChI=1S/C25H25NO4S/c27-16-19-8-10-20(11-9-19)17-29-24-14-21(23-7-4-12-31-23)13-22(30-24)25(28)26-15-18-5-2-1-3-6-18/h1-13,21,24,27H,14-17H2,(H,26,28)/t21-,24+/m1/s1. The van der Waals surface area contributed by atoms with E-state index < -0.39 is 6.29 Å². The van der Waals surface area contributed by atoms with Crippen LogP contribution in [0.2, 0.25) is 0 Å². The number of ether oxygens (including phenoxy) is 2. The van der Waals surface area contributed by atoms with Crippen LogP contribution in [0.25, 0.3) is 0 Å². The van der Waals surface area contributed by atoms with Crippen molar-refractivity contribution in [2.24, 2.45) is 0 Å². The van der Waals surface area contributed by atoms with Crippen molar-refractivity contribution in [1.29, 1.82) is 0 Å². The van der Waals surface area contributed by atoms with Gasteiger partial charge in [-0.15, -0.1) is 11.3 Å². The number of benzene rings is 2. The van der Waals surface area contributed by atoms with E-state index in [-0.39, 0.29) is 18.4 Å². The Morgan fingerprint density at radius 1 is 1.03 bits per heavy atom. The second kappa shape index (κ2) is 10.4. The maximum absolute atomic E-state index is 12.8. The van der Waals surface area contributed by atoms with E-state index in [1.54, 1.807) is 11.3 Å². The van der Waals surface area contributed by atoms with Crippen molar-refractivity contribution in [3.05, 3.63) is 106 Å². The van der Waals surface area contributed by atoms with Gasteiger partial charge < -0.3 is 19.9 Å². The SMILES string of the molecule is O=C(NCc1ccccc1)C1=C[C@@H](c2cccs2)C[C@@H](OCc2ccc(CO)cc2)O1. The molecule has 31 heavy (non-hydrogen) atoms. The molecule has 0 radical (unpaired) electrons. The summed E-state index contributed by atoms with van der Waals surface area (Å²) >= 11 is 1.66. The topological polar surface area (TPSA) is 67.8 Å². The van der Waals surface area contributed by atoms with E-state index in [2.05, 4.69) is 11.4 Å². The third kappa shape index (κ3) is 5.82. The van der Waals surface area contributed by atoms with Gasteiger partial charge in [0.2, 0.25) is 6.29 Å². The highest BCUT2D eigenvalue weighted by Gasteiger charge is 2.29. The van der Waals surface area contributed by atoms with Crippen molar-refractivity contribution >= 4 is 17.2 Å². The predicted octanol–water partition coefficient (Wildman–Crippen LogP) is 4.49. The molecule has 2 heterocycles. The first-order valence-electron chi connectivity index (χ1n) is 10.3. The van der Waals surface area contributed by atoms with Crippen molar-refractivity contribution in [2.75, 3.05) is 0 Å². The summed E-state index contributed by atoms with van der Waals surface area (Å²) in [6, 6.07) is 21.5. The summed E-state index contributed by atoms with van der Waals surface area (Å²) in [5, 5.41) is 14.2. The monoisotopic (exact) mass is 435 g/mol. The molecule has 4 rings (SSSR count). The van der Waals surface area contributed by atoms with Crippen LogP contribution in [0.4, 0.5) is 0 Å². The molecule has 1 amide bonds. The Hall–Kier alpha value is -2.93. The summed E-state index contributed by atoms with van der Waals surface area (Å²) in [6.45, 7) is 0.820. The lowest BCUT2D eigenvalue weighted by molar-refractivity contribution is -0.150. The molecule has 1 aliphatic heterocycles. The molecule has 0 fully saturated rings. The van der Waals surface area contributed by atoms with Crippen LogP contribution in [-0.2, 0) is 34.0 Å². The molecule has 2 N–H and O–H groups in total. The predicted molar refractivity (Wildman–Crippen MR) is 120 cm³/mol. The van der Waals surface area contributed by atoms with Crippen LogP contribution in [0.3, 0.4) is 0 Å². The number of hydrogen-bond donors (Lipinski definition) is 2. The van der Waals surface area contributed by atoms with Gasteiger partial charge in [0.1, 0.15) is 0 Å². The van der Waals surface area contributed by atoms with Gasteiger partial charge in [-0.05, 0) is 34.2 Å². The number of nitrogens with one attached hydrogen (secondary N) is 1. The summed E-state index contributed by atoms with van der Waals surface area (Å²) in [5.41, 5.74) is 2.87. The molecule has 2 aromatic carbocycles. The highest BCUT2D eigenvalue weighted by molar-refractivity contribution is 7.10. The molecule has 0 unspecified atom stereocenters. The number of carbonyl (C=O) groups excluding carboxylic acids is 1. The van der Waals surface area contributed by atoms with Gasteiger partial charge in [0.15, 0.2) is 5.76 Å². The van der Waals surface area contributed by atoms with Crippen LogP contribution in [-0.4, -0.2) is 17.3 Å². The molecule has 5 nitrogen and oxygen atoms in total. The average Bonchev–Trinajstić information content (AvgIpc) is 3.37. The molecule has 2 atom stereocenters. The summed E-state index contributed by atoms with van der Waals surface area (Å²) < 4.78 is 11.9. The van der Waals surface area contributed by atoms with Crippen molar-refractivity contribution < 1.29 is 19.4 Å². The van der Waals surface area contributed by atoms with E-state index >= 15 is 0 Å². The molecule has 6 heteroatoms. The van der Waals surface area contributed by atoms with Gasteiger partial charge in [-0.25, -0.2) is 0 Å². The Morgan fingerprint density at radius 3 is 2.52 bits per heavy atom. The van der Waals surface area contributed by atoms with Crippen LogP contribution < -0.4 is 5.32 Å². The molecular formula is C25H25NO4S. The first-order valence-corrected chi connectivity index (χ1v) is 11.1. The summed E-state index contributed by atoms with van der Waals surface area (Å²) in [4.78, 5) is 14.0. The van der Waals surface area contributed by atoms with E-state index in [0.717, 1.165) is 16.7 Å². The number of amides is 1. The number of hydrogen-bond acceptors (Lipinski definition) is 5. The largest absolute Gasteiger partial charge is 0.459 e. The molecule has 0 aliphatic carbocycles. The van der Waals surface area contributed by atoms with Crippen molar-refractivity contribution in [3.8, 4) is 0 Å². The fourth-order valence-electron chi connectivity index (χ4n) is 3.41. The van der Waals surface area contributed by atoms with Gasteiger partial charge in [0, 0.05) is 23.8 Å². The molecule has 0 saturated carbocycles. The Bertz CT molecular complexity index is 1000. The average molecular weight is 436 g/mol.